The van der Waals surface area contributed by atoms with E-state index in [1.54, 1.807) is 42.5 Å². The number of likely N-dealkylation sites (N-methyl/N-ethyl adjacent to an activating group) is 1. The van der Waals surface area contributed by atoms with E-state index in [-0.39, 0.29) is 11.3 Å². The second-order valence-electron chi connectivity index (χ2n) is 8.25. The molecule has 9 nitrogen and oxygen atoms in total. The van der Waals surface area contributed by atoms with Gasteiger partial charge in [0, 0.05) is 25.6 Å². The van der Waals surface area contributed by atoms with Crippen LogP contribution in [0.4, 0.5) is 0 Å². The fourth-order valence-corrected chi connectivity index (χ4v) is 4.27. The minimum absolute atomic E-state index is 0.0213. The predicted molar refractivity (Wildman–Crippen MR) is 134 cm³/mol. The number of amides is 1. The van der Waals surface area contributed by atoms with Gasteiger partial charge >= 0.3 is 5.97 Å². The summed E-state index contributed by atoms with van der Waals surface area (Å²) in [5.74, 6) is -1.04. The van der Waals surface area contributed by atoms with Gasteiger partial charge in [-0.3, -0.25) is 14.4 Å². The van der Waals surface area contributed by atoms with Crippen LogP contribution in [0.1, 0.15) is 37.9 Å². The minimum atomic E-state index is -0.819. The van der Waals surface area contributed by atoms with Gasteiger partial charge in [-0.2, -0.15) is 0 Å². The van der Waals surface area contributed by atoms with Crippen LogP contribution in [0.3, 0.4) is 0 Å². The second kappa shape index (κ2) is 11.7. The fourth-order valence-electron chi connectivity index (χ4n) is 4.27. The van der Waals surface area contributed by atoms with E-state index in [0.29, 0.717) is 41.5 Å². The average Bonchev–Trinajstić information content (AvgIpc) is 3.13. The molecule has 2 aromatic rings. The van der Waals surface area contributed by atoms with Crippen molar-refractivity contribution in [2.45, 2.75) is 26.8 Å². The number of carbonyl (C=O) groups is 3. The Bertz CT molecular complexity index is 1150. The minimum Gasteiger partial charge on any atom is -0.507 e. The predicted octanol–water partition coefficient (Wildman–Crippen LogP) is 3.39. The van der Waals surface area contributed by atoms with Crippen molar-refractivity contribution in [1.29, 1.82) is 0 Å². The largest absolute Gasteiger partial charge is 0.507 e. The number of ether oxygens (including phenoxy) is 3. The van der Waals surface area contributed by atoms with Crippen molar-refractivity contribution in [3.8, 4) is 17.2 Å². The molecule has 0 aliphatic carbocycles. The van der Waals surface area contributed by atoms with Gasteiger partial charge in [0.1, 0.15) is 11.5 Å². The van der Waals surface area contributed by atoms with E-state index >= 15 is 0 Å². The van der Waals surface area contributed by atoms with E-state index in [4.69, 9.17) is 14.2 Å². The number of benzene rings is 2. The molecule has 1 saturated heterocycles. The Hall–Kier alpha value is -3.85. The van der Waals surface area contributed by atoms with Gasteiger partial charge in [0.15, 0.2) is 11.5 Å². The Balaban J connectivity index is 2.11. The number of hydrogen-bond donors (Lipinski definition) is 1. The SMILES string of the molecule is CCN(CC)CCN1C(=O)C(=O)/C(=C(\O)c2ccc(OC)c(OC)c2)C1c1ccc(OC(C)=O)cc1. The highest BCUT2D eigenvalue weighted by molar-refractivity contribution is 6.46. The van der Waals surface area contributed by atoms with Crippen molar-refractivity contribution in [3.63, 3.8) is 0 Å². The van der Waals surface area contributed by atoms with Crippen molar-refractivity contribution in [2.24, 2.45) is 0 Å². The van der Waals surface area contributed by atoms with E-state index in [1.165, 1.54) is 26.0 Å². The van der Waals surface area contributed by atoms with Gasteiger partial charge in [-0.05, 0) is 49.0 Å². The standard InChI is InChI=1S/C27H32N2O7/c1-6-28(7-2)14-15-29-24(18-8-11-20(12-9-18)36-17(3)30)23(26(32)27(29)33)25(31)19-10-13-21(34-4)22(16-19)35-5/h8-13,16,24,31H,6-7,14-15H2,1-5H3/b25-23-. The molecule has 1 aliphatic heterocycles. The van der Waals surface area contributed by atoms with E-state index in [9.17, 15) is 19.5 Å². The van der Waals surface area contributed by atoms with Crippen LogP contribution < -0.4 is 14.2 Å². The van der Waals surface area contributed by atoms with Crippen molar-refractivity contribution < 1.29 is 33.7 Å². The molecule has 0 spiro atoms. The first-order chi connectivity index (χ1) is 17.2. The number of rotatable bonds is 10. The molecular formula is C27H32N2O7. The van der Waals surface area contributed by atoms with Crippen LogP contribution >= 0.6 is 0 Å². The highest BCUT2D eigenvalue weighted by Crippen LogP contribution is 2.41. The summed E-state index contributed by atoms with van der Waals surface area (Å²) < 4.78 is 15.7. The van der Waals surface area contributed by atoms with Gasteiger partial charge in [0.05, 0.1) is 25.8 Å². The number of aliphatic hydroxyl groups is 1. The van der Waals surface area contributed by atoms with Crippen molar-refractivity contribution in [2.75, 3.05) is 40.4 Å². The lowest BCUT2D eigenvalue weighted by molar-refractivity contribution is -0.140. The first-order valence-electron chi connectivity index (χ1n) is 11.8. The zero-order valence-electron chi connectivity index (χ0n) is 21.2. The number of aliphatic hydroxyl groups excluding tert-OH is 1. The number of likely N-dealkylation sites (tertiary alicyclic amines) is 1. The number of hydrogen-bond acceptors (Lipinski definition) is 8. The number of esters is 1. The molecule has 0 aromatic heterocycles. The summed E-state index contributed by atoms with van der Waals surface area (Å²) in [6.45, 7) is 7.82. The molecule has 3 rings (SSSR count). The average molecular weight is 497 g/mol. The van der Waals surface area contributed by atoms with Crippen LogP contribution in [-0.2, 0) is 14.4 Å². The van der Waals surface area contributed by atoms with Crippen molar-refractivity contribution >= 4 is 23.4 Å². The number of ketones is 1. The van der Waals surface area contributed by atoms with Gasteiger partial charge in [-0.25, -0.2) is 0 Å². The first-order valence-corrected chi connectivity index (χ1v) is 11.8. The van der Waals surface area contributed by atoms with Crippen LogP contribution in [0, 0.1) is 0 Å². The normalized spacial score (nSPS) is 16.9. The molecule has 36 heavy (non-hydrogen) atoms. The maximum atomic E-state index is 13.2. The molecule has 1 N–H and O–H groups in total. The third-order valence-corrected chi connectivity index (χ3v) is 6.21. The molecule has 1 aliphatic rings. The molecule has 1 unspecified atom stereocenters. The quantitative estimate of drug-likeness (QED) is 0.175. The Labute approximate surface area is 210 Å². The van der Waals surface area contributed by atoms with Gasteiger partial charge in [-0.1, -0.05) is 26.0 Å². The zero-order chi connectivity index (χ0) is 26.4. The lowest BCUT2D eigenvalue weighted by Gasteiger charge is -2.28. The second-order valence-corrected chi connectivity index (χ2v) is 8.25. The summed E-state index contributed by atoms with van der Waals surface area (Å²) in [4.78, 5) is 41.3. The van der Waals surface area contributed by atoms with Crippen LogP contribution in [0.15, 0.2) is 48.0 Å². The lowest BCUT2D eigenvalue weighted by Crippen LogP contribution is -2.38. The molecule has 1 atom stereocenters. The van der Waals surface area contributed by atoms with Gasteiger partial charge < -0.3 is 29.1 Å². The molecule has 1 amide bonds. The molecule has 1 fully saturated rings. The van der Waals surface area contributed by atoms with Crippen LogP contribution in [0.2, 0.25) is 0 Å². The molecule has 0 bridgehead atoms. The maximum Gasteiger partial charge on any atom is 0.308 e. The summed E-state index contributed by atoms with van der Waals surface area (Å²) in [5.41, 5.74) is 0.898. The molecule has 0 radical (unpaired) electrons. The number of carbonyl (C=O) groups excluding carboxylic acids is 3. The summed E-state index contributed by atoms with van der Waals surface area (Å²) in [6, 6.07) is 10.5. The number of Topliss-reactive ketones (excluding diaryl/α,β-unsaturated/α-hetero) is 1. The van der Waals surface area contributed by atoms with E-state index in [2.05, 4.69) is 4.90 Å². The fraction of sp³-hybridized carbons (Fsp3) is 0.370. The summed E-state index contributed by atoms with van der Waals surface area (Å²) in [7, 11) is 2.97. The monoisotopic (exact) mass is 496 g/mol. The topological polar surface area (TPSA) is 106 Å². The highest BCUT2D eigenvalue weighted by Gasteiger charge is 2.46. The zero-order valence-corrected chi connectivity index (χ0v) is 21.2. The molecule has 0 saturated carbocycles. The van der Waals surface area contributed by atoms with Crippen LogP contribution in [0.5, 0.6) is 17.2 Å². The molecule has 9 heteroatoms. The lowest BCUT2D eigenvalue weighted by atomic mass is 9.95. The Kier molecular flexibility index (Phi) is 8.71. The third-order valence-electron chi connectivity index (χ3n) is 6.21. The Morgan fingerprint density at radius 1 is 1.00 bits per heavy atom. The number of methoxy groups -OCH3 is 2. The molecule has 2 aromatic carbocycles. The third kappa shape index (κ3) is 5.52. The smallest absolute Gasteiger partial charge is 0.308 e. The molecule has 192 valence electrons. The van der Waals surface area contributed by atoms with Gasteiger partial charge in [-0.15, -0.1) is 0 Å². The van der Waals surface area contributed by atoms with Gasteiger partial charge in [0.25, 0.3) is 11.7 Å². The van der Waals surface area contributed by atoms with Crippen LogP contribution in [-0.4, -0.2) is 73.0 Å². The highest BCUT2D eigenvalue weighted by atomic mass is 16.5. The summed E-state index contributed by atoms with van der Waals surface area (Å²) in [6.07, 6.45) is 0. The molecule has 1 heterocycles. The van der Waals surface area contributed by atoms with Crippen molar-refractivity contribution in [3.05, 3.63) is 59.2 Å². The van der Waals surface area contributed by atoms with E-state index in [1.807, 2.05) is 13.8 Å². The summed E-state index contributed by atoms with van der Waals surface area (Å²) >= 11 is 0. The van der Waals surface area contributed by atoms with Gasteiger partial charge in [0.2, 0.25) is 0 Å². The van der Waals surface area contributed by atoms with E-state index in [0.717, 1.165) is 13.1 Å². The van der Waals surface area contributed by atoms with E-state index < -0.39 is 23.7 Å². The maximum absolute atomic E-state index is 13.2. The van der Waals surface area contributed by atoms with Crippen molar-refractivity contribution in [1.82, 2.24) is 9.80 Å². The van der Waals surface area contributed by atoms with Crippen LogP contribution in [0.25, 0.3) is 5.76 Å². The Morgan fingerprint density at radius 3 is 2.19 bits per heavy atom. The number of nitrogens with zero attached hydrogens (tertiary/aromatic N) is 2. The summed E-state index contributed by atoms with van der Waals surface area (Å²) in [5, 5.41) is 11.3. The molecular weight excluding hydrogens is 464 g/mol. The first kappa shape index (κ1) is 26.7. The Morgan fingerprint density at radius 2 is 1.64 bits per heavy atom.